The van der Waals surface area contributed by atoms with Crippen LogP contribution in [-0.4, -0.2) is 35.9 Å². The molecule has 1 fully saturated rings. The average Bonchev–Trinajstić information content (AvgIpc) is 2.89. The molecule has 0 radical (unpaired) electrons. The van der Waals surface area contributed by atoms with Crippen molar-refractivity contribution in [3.63, 3.8) is 0 Å². The molecule has 120 valence electrons. The summed E-state index contributed by atoms with van der Waals surface area (Å²) in [4.78, 5) is 25.8. The Hall–Kier alpha value is -2.04. The first-order chi connectivity index (χ1) is 10.5. The molecule has 1 N–H and O–H groups in total. The molecule has 5 nitrogen and oxygen atoms in total. The maximum atomic E-state index is 12.2. The van der Waals surface area contributed by atoms with Crippen LogP contribution in [0.3, 0.4) is 0 Å². The third kappa shape index (κ3) is 4.00. The molecule has 1 aromatic carbocycles. The summed E-state index contributed by atoms with van der Waals surface area (Å²) in [6, 6.07) is 7.81. The molecular formula is C17H24N2O3. The number of hydrogen-bond acceptors (Lipinski definition) is 3. The Labute approximate surface area is 131 Å². The van der Waals surface area contributed by atoms with Crippen LogP contribution in [0, 0.1) is 5.92 Å². The third-order valence-electron chi connectivity index (χ3n) is 3.85. The van der Waals surface area contributed by atoms with Crippen molar-refractivity contribution >= 4 is 11.8 Å². The summed E-state index contributed by atoms with van der Waals surface area (Å²) in [5.74, 6) is 0.603. The zero-order valence-corrected chi connectivity index (χ0v) is 13.5. The standard InChI is InChI=1S/C17H24N2O3/c1-4-22-15-7-5-13(6-8-15)10-18-17(21)14-9-16(20)19(11-14)12(2)3/h5-8,12,14H,4,9-11H2,1-3H3,(H,18,21)/t14-/m0/s1. The van der Waals surface area contributed by atoms with Crippen LogP contribution < -0.4 is 10.1 Å². The van der Waals surface area contributed by atoms with Crippen LogP contribution in [-0.2, 0) is 16.1 Å². The second kappa shape index (κ2) is 7.29. The van der Waals surface area contributed by atoms with Crippen molar-refractivity contribution in [3.8, 4) is 5.75 Å². The summed E-state index contributed by atoms with van der Waals surface area (Å²) in [7, 11) is 0. The van der Waals surface area contributed by atoms with E-state index >= 15 is 0 Å². The molecule has 0 aliphatic carbocycles. The fraction of sp³-hybridized carbons (Fsp3) is 0.529. The highest BCUT2D eigenvalue weighted by atomic mass is 16.5. The van der Waals surface area contributed by atoms with Crippen LogP contribution in [0.15, 0.2) is 24.3 Å². The zero-order valence-electron chi connectivity index (χ0n) is 13.5. The molecule has 0 saturated carbocycles. The van der Waals surface area contributed by atoms with Gasteiger partial charge in [-0.25, -0.2) is 0 Å². The molecule has 1 aromatic rings. The first kappa shape index (κ1) is 16.3. The number of ether oxygens (including phenoxy) is 1. The minimum Gasteiger partial charge on any atom is -0.494 e. The third-order valence-corrected chi connectivity index (χ3v) is 3.85. The van der Waals surface area contributed by atoms with E-state index in [0.717, 1.165) is 11.3 Å². The van der Waals surface area contributed by atoms with Gasteiger partial charge < -0.3 is 15.0 Å². The highest BCUT2D eigenvalue weighted by molar-refractivity contribution is 5.89. The van der Waals surface area contributed by atoms with E-state index in [1.165, 1.54) is 0 Å². The Morgan fingerprint density at radius 3 is 2.59 bits per heavy atom. The average molecular weight is 304 g/mol. The largest absolute Gasteiger partial charge is 0.494 e. The van der Waals surface area contributed by atoms with Gasteiger partial charge >= 0.3 is 0 Å². The van der Waals surface area contributed by atoms with Gasteiger partial charge in [-0.15, -0.1) is 0 Å². The van der Waals surface area contributed by atoms with Gasteiger partial charge in [0, 0.05) is 25.6 Å². The van der Waals surface area contributed by atoms with Crippen LogP contribution in [0.25, 0.3) is 0 Å². The number of benzene rings is 1. The van der Waals surface area contributed by atoms with E-state index in [9.17, 15) is 9.59 Å². The number of nitrogens with one attached hydrogen (secondary N) is 1. The predicted molar refractivity (Wildman–Crippen MR) is 84.4 cm³/mol. The molecule has 2 rings (SSSR count). The van der Waals surface area contributed by atoms with E-state index in [1.807, 2.05) is 45.0 Å². The lowest BCUT2D eigenvalue weighted by Crippen LogP contribution is -2.35. The maximum absolute atomic E-state index is 12.2. The number of amides is 2. The Bertz CT molecular complexity index is 525. The predicted octanol–water partition coefficient (Wildman–Crippen LogP) is 1.96. The van der Waals surface area contributed by atoms with Crippen molar-refractivity contribution in [3.05, 3.63) is 29.8 Å². The SMILES string of the molecule is CCOc1ccc(CNC(=O)[C@H]2CC(=O)N(C(C)C)C2)cc1. The van der Waals surface area contributed by atoms with Gasteiger partial charge in [0.15, 0.2) is 0 Å². The molecule has 1 atom stereocenters. The molecule has 1 heterocycles. The Morgan fingerprint density at radius 1 is 1.36 bits per heavy atom. The van der Waals surface area contributed by atoms with E-state index < -0.39 is 0 Å². The second-order valence-corrected chi connectivity index (χ2v) is 5.84. The second-order valence-electron chi connectivity index (χ2n) is 5.84. The van der Waals surface area contributed by atoms with Crippen LogP contribution in [0.4, 0.5) is 0 Å². The van der Waals surface area contributed by atoms with Crippen molar-refractivity contribution in [2.75, 3.05) is 13.2 Å². The first-order valence-corrected chi connectivity index (χ1v) is 7.80. The molecule has 1 aliphatic rings. The van der Waals surface area contributed by atoms with Crippen molar-refractivity contribution in [2.24, 2.45) is 5.92 Å². The lowest BCUT2D eigenvalue weighted by atomic mass is 10.1. The van der Waals surface area contributed by atoms with Crippen molar-refractivity contribution in [1.82, 2.24) is 10.2 Å². The minimum absolute atomic E-state index is 0.0506. The highest BCUT2D eigenvalue weighted by Gasteiger charge is 2.35. The zero-order chi connectivity index (χ0) is 16.1. The van der Waals surface area contributed by atoms with Gasteiger partial charge in [-0.2, -0.15) is 0 Å². The van der Waals surface area contributed by atoms with E-state index in [0.29, 0.717) is 26.1 Å². The van der Waals surface area contributed by atoms with Gasteiger partial charge in [0.05, 0.1) is 12.5 Å². The van der Waals surface area contributed by atoms with Gasteiger partial charge in [-0.05, 0) is 38.5 Å². The summed E-state index contributed by atoms with van der Waals surface area (Å²) < 4.78 is 5.38. The quantitative estimate of drug-likeness (QED) is 0.874. The molecule has 22 heavy (non-hydrogen) atoms. The summed E-state index contributed by atoms with van der Waals surface area (Å²) >= 11 is 0. The number of nitrogens with zero attached hydrogens (tertiary/aromatic N) is 1. The Balaban J connectivity index is 1.84. The monoisotopic (exact) mass is 304 g/mol. The fourth-order valence-corrected chi connectivity index (χ4v) is 2.61. The van der Waals surface area contributed by atoms with E-state index in [4.69, 9.17) is 4.74 Å². The summed E-state index contributed by atoms with van der Waals surface area (Å²) in [5.41, 5.74) is 1.02. The van der Waals surface area contributed by atoms with Gasteiger partial charge in [-0.1, -0.05) is 12.1 Å². The molecule has 0 unspecified atom stereocenters. The van der Waals surface area contributed by atoms with Crippen LogP contribution >= 0.6 is 0 Å². The van der Waals surface area contributed by atoms with Gasteiger partial charge in [0.2, 0.25) is 11.8 Å². The molecule has 0 aromatic heterocycles. The number of carbonyl (C=O) groups is 2. The van der Waals surface area contributed by atoms with Crippen LogP contribution in [0.2, 0.25) is 0 Å². The Kier molecular flexibility index (Phi) is 5.41. The summed E-state index contributed by atoms with van der Waals surface area (Å²) in [6.45, 7) is 7.51. The van der Waals surface area contributed by atoms with Crippen molar-refractivity contribution in [2.45, 2.75) is 39.8 Å². The van der Waals surface area contributed by atoms with Gasteiger partial charge in [0.1, 0.15) is 5.75 Å². The van der Waals surface area contributed by atoms with E-state index in [1.54, 1.807) is 4.90 Å². The topological polar surface area (TPSA) is 58.6 Å². The maximum Gasteiger partial charge on any atom is 0.225 e. The molecule has 0 bridgehead atoms. The molecule has 2 amide bonds. The van der Waals surface area contributed by atoms with Crippen LogP contribution in [0.5, 0.6) is 5.75 Å². The van der Waals surface area contributed by atoms with Crippen molar-refractivity contribution < 1.29 is 14.3 Å². The summed E-state index contributed by atoms with van der Waals surface area (Å²) in [5, 5.41) is 2.91. The molecular weight excluding hydrogens is 280 g/mol. The van der Waals surface area contributed by atoms with E-state index in [2.05, 4.69) is 5.32 Å². The lowest BCUT2D eigenvalue weighted by Gasteiger charge is -2.20. The van der Waals surface area contributed by atoms with Gasteiger partial charge in [0.25, 0.3) is 0 Å². The van der Waals surface area contributed by atoms with Crippen LogP contribution in [0.1, 0.15) is 32.8 Å². The highest BCUT2D eigenvalue weighted by Crippen LogP contribution is 2.20. The minimum atomic E-state index is -0.238. The number of carbonyl (C=O) groups excluding carboxylic acids is 2. The molecule has 0 spiro atoms. The van der Waals surface area contributed by atoms with Gasteiger partial charge in [-0.3, -0.25) is 9.59 Å². The number of rotatable bonds is 6. The molecule has 1 aliphatic heterocycles. The van der Waals surface area contributed by atoms with E-state index in [-0.39, 0.29) is 23.8 Å². The molecule has 1 saturated heterocycles. The first-order valence-electron chi connectivity index (χ1n) is 7.80. The van der Waals surface area contributed by atoms with Crippen molar-refractivity contribution in [1.29, 1.82) is 0 Å². The number of likely N-dealkylation sites (tertiary alicyclic amines) is 1. The fourth-order valence-electron chi connectivity index (χ4n) is 2.61. The lowest BCUT2D eigenvalue weighted by molar-refractivity contribution is -0.129. The normalized spacial score (nSPS) is 17.9. The Morgan fingerprint density at radius 2 is 2.05 bits per heavy atom. The number of hydrogen-bond donors (Lipinski definition) is 1. The molecule has 5 heteroatoms. The summed E-state index contributed by atoms with van der Waals surface area (Å²) in [6.07, 6.45) is 0.313. The smallest absolute Gasteiger partial charge is 0.225 e.